The first-order valence-electron chi connectivity index (χ1n) is 6.93. The van der Waals surface area contributed by atoms with Gasteiger partial charge < -0.3 is 16.0 Å². The fourth-order valence-electron chi connectivity index (χ4n) is 2.62. The van der Waals surface area contributed by atoms with Crippen LogP contribution in [0.5, 0.6) is 0 Å². The number of nitrogens with two attached hydrogens (primary N) is 1. The highest BCUT2D eigenvalue weighted by Crippen LogP contribution is 2.22. The zero-order chi connectivity index (χ0) is 12.7. The van der Waals surface area contributed by atoms with Crippen molar-refractivity contribution in [3.63, 3.8) is 0 Å². The molecule has 0 spiro atoms. The minimum atomic E-state index is 0.159. The van der Waals surface area contributed by atoms with Gasteiger partial charge in [0.05, 0.1) is 0 Å². The summed E-state index contributed by atoms with van der Waals surface area (Å²) in [5, 5.41) is 3.66. The molecule has 3 N–H and O–H groups in total. The molecule has 1 unspecified atom stereocenters. The van der Waals surface area contributed by atoms with E-state index in [-0.39, 0.29) is 5.54 Å². The Labute approximate surface area is 106 Å². The summed E-state index contributed by atoms with van der Waals surface area (Å²) < 4.78 is 0. The largest absolute Gasteiger partial charge is 0.329 e. The van der Waals surface area contributed by atoms with Crippen LogP contribution in [0.2, 0.25) is 0 Å². The van der Waals surface area contributed by atoms with Gasteiger partial charge in [0.1, 0.15) is 0 Å². The highest BCUT2D eigenvalue weighted by molar-refractivity contribution is 4.93. The Morgan fingerprint density at radius 2 is 2.18 bits per heavy atom. The molecular formula is C14H29N3. The van der Waals surface area contributed by atoms with E-state index in [0.29, 0.717) is 6.04 Å². The summed E-state index contributed by atoms with van der Waals surface area (Å²) in [6.07, 6.45) is 6.60. The summed E-state index contributed by atoms with van der Waals surface area (Å²) >= 11 is 0. The predicted molar refractivity (Wildman–Crippen MR) is 75.2 cm³/mol. The minimum absolute atomic E-state index is 0.159. The Hall–Kier alpha value is -0.380. The van der Waals surface area contributed by atoms with Crippen LogP contribution in [0, 0.1) is 0 Å². The first-order valence-corrected chi connectivity index (χ1v) is 6.93. The van der Waals surface area contributed by atoms with Crippen LogP contribution in [0.3, 0.4) is 0 Å². The van der Waals surface area contributed by atoms with Crippen molar-refractivity contribution in [2.45, 2.75) is 51.1 Å². The van der Waals surface area contributed by atoms with E-state index >= 15 is 0 Å². The van der Waals surface area contributed by atoms with Crippen LogP contribution in [-0.4, -0.2) is 42.7 Å². The average molecular weight is 239 g/mol. The van der Waals surface area contributed by atoms with Crippen LogP contribution in [0.1, 0.15) is 39.5 Å². The quantitative estimate of drug-likeness (QED) is 0.548. The zero-order valence-corrected chi connectivity index (χ0v) is 11.5. The molecule has 0 amide bonds. The molecule has 0 saturated carbocycles. The molecule has 1 aliphatic rings. The molecule has 1 rings (SSSR count). The van der Waals surface area contributed by atoms with Crippen molar-refractivity contribution in [2.75, 3.05) is 26.2 Å². The standard InChI is InChI=1S/C14H29N3/c1-4-5-9-16-14(12-15)7-6-10-17(11-8-14)13(2)3/h4,13,16H,1,5-12,15H2,2-3H3. The lowest BCUT2D eigenvalue weighted by atomic mass is 9.90. The number of rotatable bonds is 6. The van der Waals surface area contributed by atoms with Crippen molar-refractivity contribution in [3.05, 3.63) is 12.7 Å². The molecule has 1 atom stereocenters. The summed E-state index contributed by atoms with van der Waals surface area (Å²) in [6.45, 7) is 12.4. The Bertz CT molecular complexity index is 228. The number of hydrogen-bond donors (Lipinski definition) is 2. The summed E-state index contributed by atoms with van der Waals surface area (Å²) in [6, 6.07) is 0.650. The highest BCUT2D eigenvalue weighted by Gasteiger charge is 2.30. The van der Waals surface area contributed by atoms with Crippen molar-refractivity contribution >= 4 is 0 Å². The second-order valence-electron chi connectivity index (χ2n) is 5.47. The number of nitrogens with one attached hydrogen (secondary N) is 1. The van der Waals surface area contributed by atoms with E-state index in [1.54, 1.807) is 0 Å². The Balaban J connectivity index is 2.51. The van der Waals surface area contributed by atoms with E-state index in [4.69, 9.17) is 5.73 Å². The van der Waals surface area contributed by atoms with E-state index in [1.165, 1.54) is 25.8 Å². The van der Waals surface area contributed by atoms with Crippen LogP contribution in [0.15, 0.2) is 12.7 Å². The molecule has 0 aromatic heterocycles. The van der Waals surface area contributed by atoms with Crippen molar-refractivity contribution < 1.29 is 0 Å². The molecule has 0 aromatic rings. The van der Waals surface area contributed by atoms with Gasteiger partial charge in [-0.25, -0.2) is 0 Å². The minimum Gasteiger partial charge on any atom is -0.329 e. The van der Waals surface area contributed by atoms with Crippen LogP contribution in [0.4, 0.5) is 0 Å². The lowest BCUT2D eigenvalue weighted by Gasteiger charge is -2.33. The summed E-state index contributed by atoms with van der Waals surface area (Å²) in [4.78, 5) is 2.56. The molecule has 0 aliphatic carbocycles. The molecular weight excluding hydrogens is 210 g/mol. The van der Waals surface area contributed by atoms with Crippen molar-refractivity contribution in [1.29, 1.82) is 0 Å². The second kappa shape index (κ2) is 7.14. The SMILES string of the molecule is C=CCCNC1(CN)CCCN(C(C)C)CC1. The van der Waals surface area contributed by atoms with E-state index in [1.807, 2.05) is 6.08 Å². The van der Waals surface area contributed by atoms with Gasteiger partial charge in [-0.15, -0.1) is 6.58 Å². The third-order valence-corrected chi connectivity index (χ3v) is 3.95. The van der Waals surface area contributed by atoms with Crippen LogP contribution >= 0.6 is 0 Å². The molecule has 100 valence electrons. The summed E-state index contributed by atoms with van der Waals surface area (Å²) in [5.41, 5.74) is 6.16. The van der Waals surface area contributed by atoms with Crippen molar-refractivity contribution in [2.24, 2.45) is 5.73 Å². The topological polar surface area (TPSA) is 41.3 Å². The van der Waals surface area contributed by atoms with Crippen LogP contribution in [-0.2, 0) is 0 Å². The summed E-state index contributed by atoms with van der Waals surface area (Å²) in [5.74, 6) is 0. The molecule has 0 aromatic carbocycles. The monoisotopic (exact) mass is 239 g/mol. The average Bonchev–Trinajstić information content (AvgIpc) is 2.53. The van der Waals surface area contributed by atoms with Gasteiger partial charge in [-0.2, -0.15) is 0 Å². The van der Waals surface area contributed by atoms with Crippen LogP contribution in [0.25, 0.3) is 0 Å². The third kappa shape index (κ3) is 4.41. The van der Waals surface area contributed by atoms with Gasteiger partial charge in [-0.1, -0.05) is 6.08 Å². The smallest absolute Gasteiger partial charge is 0.0316 e. The number of likely N-dealkylation sites (tertiary alicyclic amines) is 1. The van der Waals surface area contributed by atoms with E-state index in [0.717, 1.165) is 26.1 Å². The second-order valence-corrected chi connectivity index (χ2v) is 5.47. The molecule has 1 saturated heterocycles. The molecule has 3 nitrogen and oxygen atoms in total. The Morgan fingerprint density at radius 3 is 2.76 bits per heavy atom. The maximum Gasteiger partial charge on any atom is 0.0316 e. The summed E-state index contributed by atoms with van der Waals surface area (Å²) in [7, 11) is 0. The van der Waals surface area contributed by atoms with E-state index < -0.39 is 0 Å². The Kier molecular flexibility index (Phi) is 6.17. The van der Waals surface area contributed by atoms with Gasteiger partial charge >= 0.3 is 0 Å². The van der Waals surface area contributed by atoms with Crippen molar-refractivity contribution in [1.82, 2.24) is 10.2 Å². The molecule has 0 radical (unpaired) electrons. The normalized spacial score (nSPS) is 27.1. The lowest BCUT2D eigenvalue weighted by Crippen LogP contribution is -2.52. The van der Waals surface area contributed by atoms with Gasteiger partial charge in [-0.3, -0.25) is 0 Å². The van der Waals surface area contributed by atoms with Gasteiger partial charge in [0.2, 0.25) is 0 Å². The Morgan fingerprint density at radius 1 is 1.41 bits per heavy atom. The fraction of sp³-hybridized carbons (Fsp3) is 0.857. The van der Waals surface area contributed by atoms with Gasteiger partial charge in [-0.05, 0) is 52.6 Å². The number of hydrogen-bond acceptors (Lipinski definition) is 3. The van der Waals surface area contributed by atoms with Gasteiger partial charge in [0, 0.05) is 24.7 Å². The lowest BCUT2D eigenvalue weighted by molar-refractivity contribution is 0.219. The third-order valence-electron chi connectivity index (χ3n) is 3.95. The van der Waals surface area contributed by atoms with Crippen LogP contribution < -0.4 is 11.1 Å². The van der Waals surface area contributed by atoms with E-state index in [9.17, 15) is 0 Å². The molecule has 0 bridgehead atoms. The molecule has 1 aliphatic heterocycles. The molecule has 17 heavy (non-hydrogen) atoms. The molecule has 1 heterocycles. The maximum absolute atomic E-state index is 6.00. The van der Waals surface area contributed by atoms with Gasteiger partial charge in [0.15, 0.2) is 0 Å². The van der Waals surface area contributed by atoms with E-state index in [2.05, 4.69) is 30.6 Å². The van der Waals surface area contributed by atoms with Crippen molar-refractivity contribution in [3.8, 4) is 0 Å². The first kappa shape index (κ1) is 14.7. The molecule has 3 heteroatoms. The molecule has 1 fully saturated rings. The highest BCUT2D eigenvalue weighted by atomic mass is 15.2. The predicted octanol–water partition coefficient (Wildman–Crippen LogP) is 1.74. The maximum atomic E-state index is 6.00. The fourth-order valence-corrected chi connectivity index (χ4v) is 2.62. The number of nitrogens with zero attached hydrogens (tertiary/aromatic N) is 1. The first-order chi connectivity index (χ1) is 8.13. The van der Waals surface area contributed by atoms with Gasteiger partial charge in [0.25, 0.3) is 0 Å². The zero-order valence-electron chi connectivity index (χ0n) is 11.5.